The summed E-state index contributed by atoms with van der Waals surface area (Å²) in [5, 5.41) is 0. The first-order valence-corrected chi connectivity index (χ1v) is 6.48. The summed E-state index contributed by atoms with van der Waals surface area (Å²) in [6.45, 7) is 0.552. The van der Waals surface area contributed by atoms with Crippen LogP contribution in [-0.2, 0) is 6.61 Å². The van der Waals surface area contributed by atoms with E-state index in [-0.39, 0.29) is 0 Å². The molecule has 0 aliphatic carbocycles. The number of hydrogen-bond donors (Lipinski definition) is 0. The lowest BCUT2D eigenvalue weighted by Gasteiger charge is -2.08. The quantitative estimate of drug-likeness (QED) is 0.764. The highest BCUT2D eigenvalue weighted by atomic mass is 16.5. The second-order valence-electron chi connectivity index (χ2n) is 4.38. The number of aliphatic imine (C=N–C) groups is 2. The first-order valence-electron chi connectivity index (χ1n) is 6.48. The van der Waals surface area contributed by atoms with E-state index in [0.717, 1.165) is 22.4 Å². The molecule has 2 rings (SSSR count). The van der Waals surface area contributed by atoms with Crippen molar-refractivity contribution in [3.05, 3.63) is 65.2 Å². The first-order chi connectivity index (χ1) is 9.81. The molecule has 0 spiro atoms. The molecule has 2 aromatic carbocycles. The van der Waals surface area contributed by atoms with Crippen LogP contribution in [0.3, 0.4) is 0 Å². The van der Waals surface area contributed by atoms with E-state index in [1.807, 2.05) is 61.0 Å². The van der Waals surface area contributed by atoms with E-state index < -0.39 is 0 Å². The van der Waals surface area contributed by atoms with Crippen LogP contribution in [-0.4, -0.2) is 26.5 Å². The van der Waals surface area contributed by atoms with Crippen molar-refractivity contribution in [3.63, 3.8) is 0 Å². The van der Waals surface area contributed by atoms with Crippen molar-refractivity contribution in [1.29, 1.82) is 0 Å². The molecule has 0 bridgehead atoms. The molecule has 0 unspecified atom stereocenters. The topological polar surface area (TPSA) is 34.0 Å². The van der Waals surface area contributed by atoms with Gasteiger partial charge in [0.15, 0.2) is 0 Å². The van der Waals surface area contributed by atoms with Gasteiger partial charge in [-0.15, -0.1) is 0 Å². The molecule has 0 aliphatic rings. The molecule has 0 heterocycles. The van der Waals surface area contributed by atoms with Gasteiger partial charge in [-0.3, -0.25) is 9.98 Å². The molecule has 3 nitrogen and oxygen atoms in total. The summed E-state index contributed by atoms with van der Waals surface area (Å²) in [4.78, 5) is 8.08. The van der Waals surface area contributed by atoms with Gasteiger partial charge in [-0.1, -0.05) is 30.3 Å². The molecule has 0 atom stereocenters. The third-order valence-electron chi connectivity index (χ3n) is 2.76. The molecule has 0 aliphatic heterocycles. The second-order valence-corrected chi connectivity index (χ2v) is 4.38. The molecule has 0 radical (unpaired) electrons. The number of ether oxygens (including phenoxy) is 1. The Morgan fingerprint density at radius 2 is 1.50 bits per heavy atom. The highest BCUT2D eigenvalue weighted by molar-refractivity contribution is 5.87. The van der Waals surface area contributed by atoms with Crippen LogP contribution < -0.4 is 4.74 Å². The minimum absolute atomic E-state index is 0.552. The van der Waals surface area contributed by atoms with Crippen LogP contribution in [0.5, 0.6) is 5.75 Å². The molecular formula is C17H18N2O. The Labute approximate surface area is 119 Å². The maximum atomic E-state index is 5.84. The van der Waals surface area contributed by atoms with E-state index in [0.29, 0.717) is 6.61 Å². The van der Waals surface area contributed by atoms with Crippen molar-refractivity contribution < 1.29 is 4.74 Å². The summed E-state index contributed by atoms with van der Waals surface area (Å²) in [7, 11) is 3.51. The zero-order valence-corrected chi connectivity index (χ0v) is 11.8. The Kier molecular flexibility index (Phi) is 5.07. The van der Waals surface area contributed by atoms with Gasteiger partial charge in [0.05, 0.1) is 0 Å². The highest BCUT2D eigenvalue weighted by Gasteiger charge is 2.00. The SMILES string of the molecule is CN=Cc1cc(C=NC)cc(OCc2ccccc2)c1. The zero-order chi connectivity index (χ0) is 14.2. The van der Waals surface area contributed by atoms with Crippen LogP contribution in [0.1, 0.15) is 16.7 Å². The van der Waals surface area contributed by atoms with E-state index in [1.165, 1.54) is 0 Å². The normalized spacial score (nSPS) is 11.3. The lowest BCUT2D eigenvalue weighted by molar-refractivity contribution is 0.306. The van der Waals surface area contributed by atoms with Gasteiger partial charge in [0, 0.05) is 26.5 Å². The summed E-state index contributed by atoms with van der Waals surface area (Å²) in [6, 6.07) is 16.1. The number of benzene rings is 2. The smallest absolute Gasteiger partial charge is 0.121 e. The van der Waals surface area contributed by atoms with Gasteiger partial charge in [0.1, 0.15) is 12.4 Å². The molecule has 2 aromatic rings. The fraction of sp³-hybridized carbons (Fsp3) is 0.176. The van der Waals surface area contributed by atoms with Gasteiger partial charge in [0.25, 0.3) is 0 Å². The van der Waals surface area contributed by atoms with Gasteiger partial charge < -0.3 is 4.74 Å². The van der Waals surface area contributed by atoms with E-state index in [1.54, 1.807) is 14.1 Å². The summed E-state index contributed by atoms with van der Waals surface area (Å²) in [5.41, 5.74) is 3.16. The molecule has 20 heavy (non-hydrogen) atoms. The Morgan fingerprint density at radius 3 is 2.05 bits per heavy atom. The lowest BCUT2D eigenvalue weighted by Crippen LogP contribution is -1.97. The summed E-state index contributed by atoms with van der Waals surface area (Å²) in [6.07, 6.45) is 3.62. The van der Waals surface area contributed by atoms with Crippen molar-refractivity contribution in [2.75, 3.05) is 14.1 Å². The predicted octanol–water partition coefficient (Wildman–Crippen LogP) is 3.36. The molecule has 0 amide bonds. The van der Waals surface area contributed by atoms with Crippen LogP contribution in [0.2, 0.25) is 0 Å². The predicted molar refractivity (Wildman–Crippen MR) is 84.3 cm³/mol. The minimum Gasteiger partial charge on any atom is -0.489 e. The van der Waals surface area contributed by atoms with Gasteiger partial charge >= 0.3 is 0 Å². The summed E-state index contributed by atoms with van der Waals surface area (Å²) < 4.78 is 5.84. The average Bonchev–Trinajstić information content (AvgIpc) is 2.47. The third-order valence-corrected chi connectivity index (χ3v) is 2.76. The maximum Gasteiger partial charge on any atom is 0.121 e. The number of hydrogen-bond acceptors (Lipinski definition) is 3. The monoisotopic (exact) mass is 266 g/mol. The van der Waals surface area contributed by atoms with Gasteiger partial charge in [0.2, 0.25) is 0 Å². The average molecular weight is 266 g/mol. The van der Waals surface area contributed by atoms with Crippen molar-refractivity contribution in [2.24, 2.45) is 9.98 Å². The largest absolute Gasteiger partial charge is 0.489 e. The Morgan fingerprint density at radius 1 is 0.900 bits per heavy atom. The Hall–Kier alpha value is -2.42. The maximum absolute atomic E-state index is 5.84. The van der Waals surface area contributed by atoms with Crippen molar-refractivity contribution in [1.82, 2.24) is 0 Å². The molecular weight excluding hydrogens is 248 g/mol. The van der Waals surface area contributed by atoms with Crippen LogP contribution in [0.15, 0.2) is 58.5 Å². The van der Waals surface area contributed by atoms with Crippen LogP contribution >= 0.6 is 0 Å². The van der Waals surface area contributed by atoms with Gasteiger partial charge in [-0.2, -0.15) is 0 Å². The molecule has 0 aromatic heterocycles. The van der Waals surface area contributed by atoms with Gasteiger partial charge in [-0.05, 0) is 34.9 Å². The van der Waals surface area contributed by atoms with Gasteiger partial charge in [-0.25, -0.2) is 0 Å². The standard InChI is InChI=1S/C17H18N2O/c1-18-11-15-8-16(12-19-2)10-17(9-15)20-13-14-6-4-3-5-7-14/h3-12H,13H2,1-2H3. The van der Waals surface area contributed by atoms with E-state index in [2.05, 4.69) is 9.98 Å². The minimum atomic E-state index is 0.552. The Balaban J connectivity index is 2.17. The lowest BCUT2D eigenvalue weighted by atomic mass is 10.1. The van der Waals surface area contributed by atoms with Crippen LogP contribution in [0.4, 0.5) is 0 Å². The number of rotatable bonds is 5. The molecule has 0 saturated heterocycles. The third kappa shape index (κ3) is 4.05. The summed E-state index contributed by atoms with van der Waals surface area (Å²) in [5.74, 6) is 0.821. The van der Waals surface area contributed by atoms with E-state index in [4.69, 9.17) is 4.74 Å². The van der Waals surface area contributed by atoms with E-state index >= 15 is 0 Å². The van der Waals surface area contributed by atoms with Crippen LogP contribution in [0, 0.1) is 0 Å². The molecule has 102 valence electrons. The van der Waals surface area contributed by atoms with E-state index in [9.17, 15) is 0 Å². The molecule has 0 fully saturated rings. The molecule has 3 heteroatoms. The van der Waals surface area contributed by atoms with Crippen molar-refractivity contribution in [3.8, 4) is 5.75 Å². The number of nitrogens with zero attached hydrogens (tertiary/aromatic N) is 2. The second kappa shape index (κ2) is 7.24. The molecule has 0 saturated carbocycles. The fourth-order valence-corrected chi connectivity index (χ4v) is 1.92. The summed E-state index contributed by atoms with van der Waals surface area (Å²) >= 11 is 0. The fourth-order valence-electron chi connectivity index (χ4n) is 1.92. The molecule has 0 N–H and O–H groups in total. The first kappa shape index (κ1) is 14.0. The van der Waals surface area contributed by atoms with Crippen LogP contribution in [0.25, 0.3) is 0 Å². The Bertz CT molecular complexity index is 573. The zero-order valence-electron chi connectivity index (χ0n) is 11.8. The highest BCUT2D eigenvalue weighted by Crippen LogP contribution is 2.17. The van der Waals surface area contributed by atoms with Crippen molar-refractivity contribution >= 4 is 12.4 Å². The van der Waals surface area contributed by atoms with Crippen molar-refractivity contribution in [2.45, 2.75) is 6.61 Å².